The van der Waals surface area contributed by atoms with Crippen molar-refractivity contribution in [2.24, 2.45) is 16.1 Å². The van der Waals surface area contributed by atoms with Crippen LogP contribution in [0.2, 0.25) is 0 Å². The van der Waals surface area contributed by atoms with E-state index < -0.39 is 0 Å². The lowest BCUT2D eigenvalue weighted by molar-refractivity contribution is 0.249. The van der Waals surface area contributed by atoms with Gasteiger partial charge in [0.05, 0.1) is 12.8 Å². The van der Waals surface area contributed by atoms with E-state index in [0.29, 0.717) is 12.5 Å². The van der Waals surface area contributed by atoms with E-state index in [1.165, 1.54) is 0 Å². The first-order valence-corrected chi connectivity index (χ1v) is 6.69. The molecule has 0 saturated heterocycles. The zero-order chi connectivity index (χ0) is 15.2. The molecule has 0 atom stereocenters. The summed E-state index contributed by atoms with van der Waals surface area (Å²) in [5.41, 5.74) is 6.84. The largest absolute Gasteiger partial charge is 0.495 e. The number of benzene rings is 1. The molecule has 0 bridgehead atoms. The van der Waals surface area contributed by atoms with Crippen LogP contribution in [0.1, 0.15) is 13.8 Å². The molecule has 0 aliphatic carbocycles. The standard InChI is InChI=1S/C15H26N4O.HI/c1-15(2,11-19(3)4)10-17-14(16)18-12-8-6-7-9-13(12)20-5;/h6-9H,10-11H2,1-5H3,(H3,16,17,18);1H. The molecule has 5 nitrogen and oxygen atoms in total. The topological polar surface area (TPSA) is 62.9 Å². The van der Waals surface area contributed by atoms with Gasteiger partial charge in [-0.1, -0.05) is 26.0 Å². The number of nitrogens with two attached hydrogens (primary N) is 1. The summed E-state index contributed by atoms with van der Waals surface area (Å²) in [4.78, 5) is 6.57. The molecule has 0 aliphatic rings. The molecular formula is C15H27IN4O. The summed E-state index contributed by atoms with van der Waals surface area (Å²) < 4.78 is 5.26. The number of hydrogen-bond donors (Lipinski definition) is 2. The Morgan fingerprint density at radius 2 is 1.95 bits per heavy atom. The molecule has 0 saturated carbocycles. The fourth-order valence-corrected chi connectivity index (χ4v) is 2.13. The summed E-state index contributed by atoms with van der Waals surface area (Å²) in [5.74, 6) is 1.15. The third-order valence-corrected chi connectivity index (χ3v) is 2.79. The van der Waals surface area contributed by atoms with Crippen LogP contribution in [0.25, 0.3) is 0 Å². The second-order valence-electron chi connectivity index (χ2n) is 5.93. The van der Waals surface area contributed by atoms with E-state index in [1.54, 1.807) is 7.11 Å². The molecule has 0 unspecified atom stereocenters. The quantitative estimate of drug-likeness (QED) is 0.433. The highest BCUT2D eigenvalue weighted by atomic mass is 127. The fraction of sp³-hybridized carbons (Fsp3) is 0.533. The van der Waals surface area contributed by atoms with Crippen LogP contribution < -0.4 is 15.8 Å². The van der Waals surface area contributed by atoms with E-state index in [-0.39, 0.29) is 29.4 Å². The first-order valence-electron chi connectivity index (χ1n) is 6.69. The normalized spacial score (nSPS) is 12.0. The van der Waals surface area contributed by atoms with Crippen molar-refractivity contribution >= 4 is 35.6 Å². The lowest BCUT2D eigenvalue weighted by atomic mass is 9.93. The Hall–Kier alpha value is -1.02. The van der Waals surface area contributed by atoms with Crippen molar-refractivity contribution in [2.45, 2.75) is 13.8 Å². The number of nitrogens with zero attached hydrogens (tertiary/aromatic N) is 2. The zero-order valence-corrected chi connectivity index (χ0v) is 15.8. The predicted molar refractivity (Wildman–Crippen MR) is 101 cm³/mol. The van der Waals surface area contributed by atoms with Gasteiger partial charge in [-0.05, 0) is 31.6 Å². The van der Waals surface area contributed by atoms with E-state index in [2.05, 4.69) is 43.2 Å². The number of hydrogen-bond acceptors (Lipinski definition) is 3. The monoisotopic (exact) mass is 406 g/mol. The van der Waals surface area contributed by atoms with Gasteiger partial charge in [-0.25, -0.2) is 0 Å². The maximum Gasteiger partial charge on any atom is 0.193 e. The SMILES string of the molecule is COc1ccccc1NC(N)=NCC(C)(C)CN(C)C.I. The van der Waals surface area contributed by atoms with Crippen molar-refractivity contribution < 1.29 is 4.74 Å². The Morgan fingerprint density at radius 1 is 1.33 bits per heavy atom. The molecule has 6 heteroatoms. The van der Waals surface area contributed by atoms with Gasteiger partial charge in [0.2, 0.25) is 0 Å². The van der Waals surface area contributed by atoms with Crippen molar-refractivity contribution in [2.75, 3.05) is 39.6 Å². The third-order valence-electron chi connectivity index (χ3n) is 2.79. The minimum absolute atomic E-state index is 0. The highest BCUT2D eigenvalue weighted by Crippen LogP contribution is 2.22. The van der Waals surface area contributed by atoms with Crippen LogP contribution in [-0.4, -0.2) is 45.2 Å². The van der Waals surface area contributed by atoms with Crippen molar-refractivity contribution in [3.05, 3.63) is 24.3 Å². The number of anilines is 1. The van der Waals surface area contributed by atoms with Crippen molar-refractivity contribution in [3.63, 3.8) is 0 Å². The Balaban J connectivity index is 0.00000400. The summed E-state index contributed by atoms with van der Waals surface area (Å²) in [6, 6.07) is 7.63. The maximum atomic E-state index is 5.94. The fourth-order valence-electron chi connectivity index (χ4n) is 2.13. The number of aliphatic imine (C=N–C) groups is 1. The average Bonchev–Trinajstić information content (AvgIpc) is 2.36. The molecule has 21 heavy (non-hydrogen) atoms. The number of nitrogens with one attached hydrogen (secondary N) is 1. The Kier molecular flexibility index (Phi) is 8.65. The molecule has 0 radical (unpaired) electrons. The molecule has 0 amide bonds. The second kappa shape index (κ2) is 9.09. The lowest BCUT2D eigenvalue weighted by Crippen LogP contribution is -2.33. The van der Waals surface area contributed by atoms with Crippen LogP contribution in [0.4, 0.5) is 5.69 Å². The second-order valence-corrected chi connectivity index (χ2v) is 5.93. The molecule has 0 heterocycles. The third kappa shape index (κ3) is 7.52. The molecule has 0 aromatic heterocycles. The average molecular weight is 406 g/mol. The molecule has 0 spiro atoms. The Bertz CT molecular complexity index is 461. The minimum atomic E-state index is 0. The molecule has 0 aliphatic heterocycles. The van der Waals surface area contributed by atoms with Crippen LogP contribution in [-0.2, 0) is 0 Å². The van der Waals surface area contributed by atoms with E-state index >= 15 is 0 Å². The molecule has 0 fully saturated rings. The van der Waals surface area contributed by atoms with E-state index in [0.717, 1.165) is 18.0 Å². The molecule has 1 aromatic carbocycles. The molecular weight excluding hydrogens is 379 g/mol. The highest BCUT2D eigenvalue weighted by molar-refractivity contribution is 14.0. The van der Waals surface area contributed by atoms with Gasteiger partial charge in [0.15, 0.2) is 5.96 Å². The summed E-state index contributed by atoms with van der Waals surface area (Å²) >= 11 is 0. The number of para-hydroxylation sites is 2. The first kappa shape index (κ1) is 20.0. The number of guanidine groups is 1. The number of rotatable bonds is 6. The maximum absolute atomic E-state index is 5.94. The molecule has 120 valence electrons. The predicted octanol–water partition coefficient (Wildman–Crippen LogP) is 2.63. The first-order chi connectivity index (χ1) is 9.34. The van der Waals surface area contributed by atoms with Gasteiger partial charge >= 0.3 is 0 Å². The highest BCUT2D eigenvalue weighted by Gasteiger charge is 2.18. The van der Waals surface area contributed by atoms with Gasteiger partial charge in [0, 0.05) is 13.1 Å². The van der Waals surface area contributed by atoms with Crippen LogP contribution in [0.3, 0.4) is 0 Å². The van der Waals surface area contributed by atoms with Crippen molar-refractivity contribution in [3.8, 4) is 5.75 Å². The summed E-state index contributed by atoms with van der Waals surface area (Å²) in [6.45, 7) is 5.97. The summed E-state index contributed by atoms with van der Waals surface area (Å²) in [6.07, 6.45) is 0. The number of halogens is 1. The van der Waals surface area contributed by atoms with Gasteiger partial charge < -0.3 is 20.7 Å². The van der Waals surface area contributed by atoms with Crippen LogP contribution >= 0.6 is 24.0 Å². The van der Waals surface area contributed by atoms with Crippen LogP contribution in [0, 0.1) is 5.41 Å². The Labute approximate surface area is 145 Å². The molecule has 3 N–H and O–H groups in total. The molecule has 1 aromatic rings. The smallest absolute Gasteiger partial charge is 0.193 e. The van der Waals surface area contributed by atoms with Gasteiger partial charge in [0.1, 0.15) is 5.75 Å². The van der Waals surface area contributed by atoms with E-state index in [9.17, 15) is 0 Å². The van der Waals surface area contributed by atoms with Gasteiger partial charge in [-0.15, -0.1) is 24.0 Å². The minimum Gasteiger partial charge on any atom is -0.495 e. The lowest BCUT2D eigenvalue weighted by Gasteiger charge is -2.26. The number of ether oxygens (including phenoxy) is 1. The van der Waals surface area contributed by atoms with Gasteiger partial charge in [-0.3, -0.25) is 4.99 Å². The van der Waals surface area contributed by atoms with E-state index in [4.69, 9.17) is 10.5 Å². The summed E-state index contributed by atoms with van der Waals surface area (Å²) in [7, 11) is 5.75. The van der Waals surface area contributed by atoms with Gasteiger partial charge in [0.25, 0.3) is 0 Å². The van der Waals surface area contributed by atoms with Crippen LogP contribution in [0.15, 0.2) is 29.3 Å². The van der Waals surface area contributed by atoms with Crippen LogP contribution in [0.5, 0.6) is 5.75 Å². The van der Waals surface area contributed by atoms with Crippen molar-refractivity contribution in [1.82, 2.24) is 4.90 Å². The Morgan fingerprint density at radius 3 is 2.52 bits per heavy atom. The van der Waals surface area contributed by atoms with E-state index in [1.807, 2.05) is 24.3 Å². The number of methoxy groups -OCH3 is 1. The van der Waals surface area contributed by atoms with Gasteiger partial charge in [-0.2, -0.15) is 0 Å². The zero-order valence-electron chi connectivity index (χ0n) is 13.5. The van der Waals surface area contributed by atoms with Crippen molar-refractivity contribution in [1.29, 1.82) is 0 Å². The summed E-state index contributed by atoms with van der Waals surface area (Å²) in [5, 5.41) is 3.08. The molecule has 1 rings (SSSR count).